The van der Waals surface area contributed by atoms with E-state index in [1.165, 1.54) is 5.56 Å². The zero-order valence-corrected chi connectivity index (χ0v) is 16.9. The Morgan fingerprint density at radius 1 is 1.07 bits per heavy atom. The molecule has 3 heterocycles. The predicted molar refractivity (Wildman–Crippen MR) is 107 cm³/mol. The lowest BCUT2D eigenvalue weighted by Crippen LogP contribution is -2.47. The molecule has 6 heteroatoms. The van der Waals surface area contributed by atoms with Crippen molar-refractivity contribution in [3.8, 4) is 0 Å². The Morgan fingerprint density at radius 3 is 2.43 bits per heavy atom. The minimum absolute atomic E-state index is 0.178. The molecule has 4 rings (SSSR count). The van der Waals surface area contributed by atoms with Gasteiger partial charge < -0.3 is 14.5 Å². The summed E-state index contributed by atoms with van der Waals surface area (Å²) in [7, 11) is 0. The summed E-state index contributed by atoms with van der Waals surface area (Å²) in [6, 6.07) is 11.2. The fourth-order valence-corrected chi connectivity index (χ4v) is 5.41. The van der Waals surface area contributed by atoms with Crippen LogP contribution >= 0.6 is 0 Å². The molecular formula is C22H31N3O3. The van der Waals surface area contributed by atoms with Gasteiger partial charge in [0.15, 0.2) is 0 Å². The first-order valence-electron chi connectivity index (χ1n) is 10.6. The van der Waals surface area contributed by atoms with Crippen LogP contribution in [0.15, 0.2) is 30.3 Å². The third kappa shape index (κ3) is 3.62. The van der Waals surface area contributed by atoms with Crippen LogP contribution in [0.2, 0.25) is 0 Å². The van der Waals surface area contributed by atoms with E-state index < -0.39 is 0 Å². The summed E-state index contributed by atoms with van der Waals surface area (Å²) in [6.07, 6.45) is 1.83. The van der Waals surface area contributed by atoms with E-state index in [1.807, 2.05) is 17.9 Å². The number of hydrogen-bond acceptors (Lipinski definition) is 4. The van der Waals surface area contributed by atoms with Crippen LogP contribution in [0.3, 0.4) is 0 Å². The molecule has 3 aliphatic heterocycles. The second-order valence-corrected chi connectivity index (χ2v) is 8.32. The molecule has 0 aliphatic carbocycles. The summed E-state index contributed by atoms with van der Waals surface area (Å²) in [5, 5.41) is 0. The maximum Gasteiger partial charge on any atom is 0.409 e. The van der Waals surface area contributed by atoms with Gasteiger partial charge in [0.25, 0.3) is 0 Å². The number of likely N-dealkylation sites (tertiary alicyclic amines) is 3. The summed E-state index contributed by atoms with van der Waals surface area (Å²) in [5.41, 5.74) is 1.25. The standard InChI is InChI=1S/C22H31N3O3/c1-3-28-22(27)23-11-9-19(10-12-23)24-13-18-14-25(16(2)26)21(20(18)15-24)17-7-5-4-6-8-17/h4-8,18-21H,3,9-15H2,1-2H3/t18-,20-,21+/m1/s1. The van der Waals surface area contributed by atoms with E-state index in [9.17, 15) is 9.59 Å². The molecule has 0 saturated carbocycles. The van der Waals surface area contributed by atoms with Crippen LogP contribution in [0.1, 0.15) is 38.3 Å². The molecule has 6 nitrogen and oxygen atoms in total. The van der Waals surface area contributed by atoms with Crippen molar-refractivity contribution < 1.29 is 14.3 Å². The van der Waals surface area contributed by atoms with Crippen LogP contribution in [0.5, 0.6) is 0 Å². The molecule has 3 saturated heterocycles. The molecule has 0 aromatic heterocycles. The van der Waals surface area contributed by atoms with Crippen molar-refractivity contribution in [2.45, 2.75) is 38.8 Å². The Balaban J connectivity index is 1.41. The Morgan fingerprint density at radius 2 is 1.79 bits per heavy atom. The molecule has 0 unspecified atom stereocenters. The number of nitrogens with zero attached hydrogens (tertiary/aromatic N) is 3. The maximum absolute atomic E-state index is 12.3. The van der Waals surface area contributed by atoms with Gasteiger partial charge in [0, 0.05) is 51.6 Å². The molecule has 1 aromatic carbocycles. The van der Waals surface area contributed by atoms with Crippen LogP contribution in [0, 0.1) is 11.8 Å². The average molecular weight is 386 g/mol. The molecule has 2 amide bonds. The number of hydrogen-bond donors (Lipinski definition) is 0. The van der Waals surface area contributed by atoms with Gasteiger partial charge in [-0.25, -0.2) is 4.79 Å². The average Bonchev–Trinajstić information content (AvgIpc) is 3.27. The lowest BCUT2D eigenvalue weighted by molar-refractivity contribution is -0.130. The number of amides is 2. The first-order valence-corrected chi connectivity index (χ1v) is 10.6. The highest BCUT2D eigenvalue weighted by atomic mass is 16.6. The van der Waals surface area contributed by atoms with Gasteiger partial charge in [-0.3, -0.25) is 9.69 Å². The molecule has 0 spiro atoms. The van der Waals surface area contributed by atoms with E-state index >= 15 is 0 Å². The fraction of sp³-hybridized carbons (Fsp3) is 0.636. The first kappa shape index (κ1) is 19.2. The maximum atomic E-state index is 12.3. The number of benzene rings is 1. The van der Waals surface area contributed by atoms with Crippen LogP contribution in [-0.2, 0) is 9.53 Å². The fourth-order valence-electron chi connectivity index (χ4n) is 5.41. The van der Waals surface area contributed by atoms with Gasteiger partial charge in [0.05, 0.1) is 12.6 Å². The van der Waals surface area contributed by atoms with Crippen molar-refractivity contribution in [1.82, 2.24) is 14.7 Å². The molecule has 152 valence electrons. The van der Waals surface area contributed by atoms with Crippen LogP contribution < -0.4 is 0 Å². The quantitative estimate of drug-likeness (QED) is 0.803. The Labute approximate surface area is 167 Å². The third-order valence-electron chi connectivity index (χ3n) is 6.74. The minimum Gasteiger partial charge on any atom is -0.450 e. The molecule has 0 bridgehead atoms. The summed E-state index contributed by atoms with van der Waals surface area (Å²) >= 11 is 0. The number of rotatable bonds is 3. The Bertz CT molecular complexity index is 702. The number of carbonyl (C=O) groups excluding carboxylic acids is 2. The smallest absolute Gasteiger partial charge is 0.409 e. The Kier molecular flexibility index (Phi) is 5.58. The first-order chi connectivity index (χ1) is 13.6. The number of carbonyl (C=O) groups is 2. The van der Waals surface area contributed by atoms with Gasteiger partial charge in [-0.1, -0.05) is 30.3 Å². The van der Waals surface area contributed by atoms with Crippen LogP contribution in [0.4, 0.5) is 4.79 Å². The van der Waals surface area contributed by atoms with Crippen molar-refractivity contribution >= 4 is 12.0 Å². The third-order valence-corrected chi connectivity index (χ3v) is 6.74. The molecule has 3 fully saturated rings. The SMILES string of the molecule is CCOC(=O)N1CCC(N2C[C@@H]3CN(C(C)=O)[C@@H](c4ccccc4)[C@@H]3C2)CC1. The van der Waals surface area contributed by atoms with Crippen LogP contribution in [-0.4, -0.2) is 72.1 Å². The van der Waals surface area contributed by atoms with E-state index in [0.29, 0.717) is 24.5 Å². The van der Waals surface area contributed by atoms with Crippen molar-refractivity contribution in [2.75, 3.05) is 39.3 Å². The van der Waals surface area contributed by atoms with Crippen LogP contribution in [0.25, 0.3) is 0 Å². The monoisotopic (exact) mass is 385 g/mol. The summed E-state index contributed by atoms with van der Waals surface area (Å²) in [5.74, 6) is 1.21. The zero-order chi connectivity index (χ0) is 19.7. The molecular weight excluding hydrogens is 354 g/mol. The molecule has 1 aromatic rings. The molecule has 3 aliphatic rings. The normalized spacial score (nSPS) is 28.4. The minimum atomic E-state index is -0.180. The van der Waals surface area contributed by atoms with E-state index in [0.717, 1.165) is 45.6 Å². The highest BCUT2D eigenvalue weighted by Crippen LogP contribution is 2.45. The largest absolute Gasteiger partial charge is 0.450 e. The lowest BCUT2D eigenvalue weighted by Gasteiger charge is -2.37. The second-order valence-electron chi connectivity index (χ2n) is 8.32. The van der Waals surface area contributed by atoms with Crippen molar-refractivity contribution in [3.63, 3.8) is 0 Å². The van der Waals surface area contributed by atoms with Gasteiger partial charge in [0.2, 0.25) is 5.91 Å². The van der Waals surface area contributed by atoms with Gasteiger partial charge in [-0.15, -0.1) is 0 Å². The highest BCUT2D eigenvalue weighted by molar-refractivity contribution is 5.74. The Hall–Kier alpha value is -2.08. The summed E-state index contributed by atoms with van der Waals surface area (Å²) in [6.45, 7) is 8.48. The second kappa shape index (κ2) is 8.11. The molecule has 0 N–H and O–H groups in total. The van der Waals surface area contributed by atoms with E-state index in [-0.39, 0.29) is 18.0 Å². The zero-order valence-electron chi connectivity index (χ0n) is 16.9. The highest BCUT2D eigenvalue weighted by Gasteiger charge is 2.49. The van der Waals surface area contributed by atoms with Gasteiger partial charge >= 0.3 is 6.09 Å². The topological polar surface area (TPSA) is 53.1 Å². The number of fused-ring (bicyclic) bond motifs is 1. The predicted octanol–water partition coefficient (Wildman–Crippen LogP) is 2.76. The summed E-state index contributed by atoms with van der Waals surface area (Å²) < 4.78 is 5.14. The van der Waals surface area contributed by atoms with Crippen molar-refractivity contribution in [3.05, 3.63) is 35.9 Å². The lowest BCUT2D eigenvalue weighted by atomic mass is 9.89. The van der Waals surface area contributed by atoms with Gasteiger partial charge in [-0.05, 0) is 31.2 Å². The van der Waals surface area contributed by atoms with E-state index in [1.54, 1.807) is 6.92 Å². The van der Waals surface area contributed by atoms with Gasteiger partial charge in [0.1, 0.15) is 0 Å². The number of ether oxygens (including phenoxy) is 1. The molecule has 3 atom stereocenters. The van der Waals surface area contributed by atoms with E-state index in [4.69, 9.17) is 4.74 Å². The molecule has 0 radical (unpaired) electrons. The number of piperidine rings is 1. The summed E-state index contributed by atoms with van der Waals surface area (Å²) in [4.78, 5) is 30.7. The van der Waals surface area contributed by atoms with E-state index in [2.05, 4.69) is 34.1 Å². The van der Waals surface area contributed by atoms with Crippen molar-refractivity contribution in [2.24, 2.45) is 11.8 Å². The molecule has 28 heavy (non-hydrogen) atoms. The van der Waals surface area contributed by atoms with Gasteiger partial charge in [-0.2, -0.15) is 0 Å². The van der Waals surface area contributed by atoms with Crippen molar-refractivity contribution in [1.29, 1.82) is 0 Å².